The van der Waals surface area contributed by atoms with E-state index in [0.29, 0.717) is 59.6 Å². The van der Waals surface area contributed by atoms with Crippen molar-refractivity contribution in [2.45, 2.75) is 6.92 Å². The average Bonchev–Trinajstić information content (AvgIpc) is 2.35. The SMILES string of the molecule is CCOCOCCOCCOCCOCCO. The van der Waals surface area contributed by atoms with Crippen LogP contribution in [0.25, 0.3) is 0 Å². The number of hydrogen-bond donors (Lipinski definition) is 1. The smallest absolute Gasteiger partial charge is 0.146 e. The first-order valence-corrected chi connectivity index (χ1v) is 5.91. The lowest BCUT2D eigenvalue weighted by Gasteiger charge is -2.07. The van der Waals surface area contributed by atoms with Crippen LogP contribution in [0.2, 0.25) is 0 Å². The van der Waals surface area contributed by atoms with Gasteiger partial charge in [-0.1, -0.05) is 0 Å². The molecule has 0 saturated heterocycles. The summed E-state index contributed by atoms with van der Waals surface area (Å²) in [4.78, 5) is 0. The van der Waals surface area contributed by atoms with Crippen LogP contribution in [0.1, 0.15) is 6.92 Å². The van der Waals surface area contributed by atoms with E-state index in [1.165, 1.54) is 0 Å². The van der Waals surface area contributed by atoms with Crippen molar-refractivity contribution in [3.05, 3.63) is 0 Å². The zero-order valence-electron chi connectivity index (χ0n) is 10.6. The number of hydrogen-bond acceptors (Lipinski definition) is 6. The second kappa shape index (κ2) is 15.8. The lowest BCUT2D eigenvalue weighted by molar-refractivity contribution is -0.0698. The Balaban J connectivity index is 2.85. The van der Waals surface area contributed by atoms with Gasteiger partial charge in [-0.2, -0.15) is 0 Å². The van der Waals surface area contributed by atoms with Crippen LogP contribution in [0.4, 0.5) is 0 Å². The Morgan fingerprint density at radius 2 is 1.12 bits per heavy atom. The minimum atomic E-state index is 0.0465. The molecular formula is C11H24O6. The number of rotatable bonds is 14. The van der Waals surface area contributed by atoms with Crippen LogP contribution in [0.3, 0.4) is 0 Å². The van der Waals surface area contributed by atoms with Crippen molar-refractivity contribution < 1.29 is 28.8 Å². The molecular weight excluding hydrogens is 228 g/mol. The van der Waals surface area contributed by atoms with E-state index in [9.17, 15) is 0 Å². The Morgan fingerprint density at radius 3 is 1.59 bits per heavy atom. The molecule has 0 fully saturated rings. The van der Waals surface area contributed by atoms with Crippen LogP contribution in [0.5, 0.6) is 0 Å². The molecule has 0 saturated carbocycles. The summed E-state index contributed by atoms with van der Waals surface area (Å²) in [7, 11) is 0. The Morgan fingerprint density at radius 1 is 0.647 bits per heavy atom. The molecule has 0 aromatic heterocycles. The van der Waals surface area contributed by atoms with Crippen molar-refractivity contribution in [3.63, 3.8) is 0 Å². The average molecular weight is 252 g/mol. The van der Waals surface area contributed by atoms with Crippen LogP contribution in [0, 0.1) is 0 Å². The Kier molecular flexibility index (Phi) is 15.5. The van der Waals surface area contributed by atoms with E-state index < -0.39 is 0 Å². The van der Waals surface area contributed by atoms with Crippen molar-refractivity contribution in [1.82, 2.24) is 0 Å². The molecule has 0 amide bonds. The van der Waals surface area contributed by atoms with Crippen molar-refractivity contribution in [2.24, 2.45) is 0 Å². The first-order valence-electron chi connectivity index (χ1n) is 5.91. The first-order chi connectivity index (χ1) is 8.41. The molecule has 17 heavy (non-hydrogen) atoms. The van der Waals surface area contributed by atoms with E-state index in [1.807, 2.05) is 6.92 Å². The second-order valence-corrected chi connectivity index (χ2v) is 3.08. The van der Waals surface area contributed by atoms with E-state index >= 15 is 0 Å². The molecule has 0 atom stereocenters. The standard InChI is InChI=1S/C11H24O6/c1-2-13-11-17-10-9-16-8-7-15-6-5-14-4-3-12/h12H,2-11H2,1H3. The van der Waals surface area contributed by atoms with Crippen LogP contribution in [-0.4, -0.2) is 71.4 Å². The van der Waals surface area contributed by atoms with Crippen molar-refractivity contribution in [1.29, 1.82) is 0 Å². The molecule has 6 heteroatoms. The summed E-state index contributed by atoms with van der Waals surface area (Å²) < 4.78 is 25.6. The van der Waals surface area contributed by atoms with Gasteiger partial charge in [0.25, 0.3) is 0 Å². The van der Waals surface area contributed by atoms with Gasteiger partial charge in [-0.25, -0.2) is 0 Å². The topological polar surface area (TPSA) is 66.4 Å². The van der Waals surface area contributed by atoms with Gasteiger partial charge >= 0.3 is 0 Å². The van der Waals surface area contributed by atoms with Crippen LogP contribution in [0.15, 0.2) is 0 Å². The summed E-state index contributed by atoms with van der Waals surface area (Å²) in [5, 5.41) is 8.44. The number of aliphatic hydroxyl groups is 1. The normalized spacial score (nSPS) is 10.9. The highest BCUT2D eigenvalue weighted by Gasteiger charge is 1.92. The summed E-state index contributed by atoms with van der Waals surface area (Å²) in [6.07, 6.45) is 0. The van der Waals surface area contributed by atoms with Crippen LogP contribution in [-0.2, 0) is 23.7 Å². The summed E-state index contributed by atoms with van der Waals surface area (Å²) in [5.74, 6) is 0. The molecule has 0 heterocycles. The predicted molar refractivity (Wildman–Crippen MR) is 62.0 cm³/mol. The third-order valence-electron chi connectivity index (χ3n) is 1.72. The van der Waals surface area contributed by atoms with Gasteiger partial charge in [0.1, 0.15) is 6.79 Å². The fourth-order valence-corrected chi connectivity index (χ4v) is 0.925. The maximum absolute atomic E-state index is 8.44. The second-order valence-electron chi connectivity index (χ2n) is 3.08. The monoisotopic (exact) mass is 252 g/mol. The summed E-state index contributed by atoms with van der Waals surface area (Å²) in [6.45, 7) is 6.46. The van der Waals surface area contributed by atoms with Crippen LogP contribution < -0.4 is 0 Å². The van der Waals surface area contributed by atoms with Gasteiger partial charge in [0.05, 0.1) is 52.9 Å². The van der Waals surface area contributed by atoms with Gasteiger partial charge in [-0.15, -0.1) is 0 Å². The lowest BCUT2D eigenvalue weighted by atomic mass is 10.7. The fraction of sp³-hybridized carbons (Fsp3) is 1.00. The lowest BCUT2D eigenvalue weighted by Crippen LogP contribution is -2.13. The molecule has 104 valence electrons. The number of aliphatic hydroxyl groups excluding tert-OH is 1. The third kappa shape index (κ3) is 15.8. The number of ether oxygens (including phenoxy) is 5. The van der Waals surface area contributed by atoms with Crippen molar-refractivity contribution >= 4 is 0 Å². The van der Waals surface area contributed by atoms with Gasteiger partial charge in [0, 0.05) is 6.61 Å². The highest BCUT2D eigenvalue weighted by atomic mass is 16.7. The Bertz CT molecular complexity index is 119. The highest BCUT2D eigenvalue weighted by Crippen LogP contribution is 1.83. The zero-order chi connectivity index (χ0) is 12.6. The third-order valence-corrected chi connectivity index (χ3v) is 1.72. The van der Waals surface area contributed by atoms with Gasteiger partial charge in [0.15, 0.2) is 0 Å². The van der Waals surface area contributed by atoms with Gasteiger partial charge in [-0.3, -0.25) is 0 Å². The van der Waals surface area contributed by atoms with Gasteiger partial charge in [-0.05, 0) is 6.92 Å². The molecule has 1 N–H and O–H groups in total. The van der Waals surface area contributed by atoms with E-state index in [-0.39, 0.29) is 6.61 Å². The molecule has 0 unspecified atom stereocenters. The molecule has 0 aliphatic heterocycles. The molecule has 0 aliphatic carbocycles. The molecule has 0 rings (SSSR count). The predicted octanol–water partition coefficient (Wildman–Crippen LogP) is 0.0391. The van der Waals surface area contributed by atoms with Crippen molar-refractivity contribution in [3.8, 4) is 0 Å². The zero-order valence-corrected chi connectivity index (χ0v) is 10.6. The van der Waals surface area contributed by atoms with Gasteiger partial charge < -0.3 is 28.8 Å². The quantitative estimate of drug-likeness (QED) is 0.348. The molecule has 0 aromatic rings. The minimum absolute atomic E-state index is 0.0465. The maximum atomic E-state index is 8.44. The Labute approximate surface area is 103 Å². The van der Waals surface area contributed by atoms with Gasteiger partial charge in [0.2, 0.25) is 0 Å². The maximum Gasteiger partial charge on any atom is 0.146 e. The summed E-state index contributed by atoms with van der Waals surface area (Å²) in [5.41, 5.74) is 0. The Hall–Kier alpha value is -0.240. The van der Waals surface area contributed by atoms with E-state index in [1.54, 1.807) is 0 Å². The largest absolute Gasteiger partial charge is 0.394 e. The molecule has 0 bridgehead atoms. The molecule has 0 radical (unpaired) electrons. The van der Waals surface area contributed by atoms with E-state index in [0.717, 1.165) is 0 Å². The molecule has 0 aromatic carbocycles. The van der Waals surface area contributed by atoms with Crippen LogP contribution >= 0.6 is 0 Å². The first kappa shape index (κ1) is 16.8. The van der Waals surface area contributed by atoms with E-state index in [4.69, 9.17) is 28.8 Å². The molecule has 6 nitrogen and oxygen atoms in total. The summed E-state index contributed by atoms with van der Waals surface area (Å²) in [6, 6.07) is 0. The summed E-state index contributed by atoms with van der Waals surface area (Å²) >= 11 is 0. The minimum Gasteiger partial charge on any atom is -0.394 e. The highest BCUT2D eigenvalue weighted by molar-refractivity contribution is 4.34. The molecule has 0 aliphatic rings. The van der Waals surface area contributed by atoms with E-state index in [2.05, 4.69) is 0 Å². The fourth-order valence-electron chi connectivity index (χ4n) is 0.925. The van der Waals surface area contributed by atoms with Crippen molar-refractivity contribution in [2.75, 3.05) is 66.3 Å². The molecule has 0 spiro atoms.